The van der Waals surface area contributed by atoms with Crippen LogP contribution < -0.4 is 0 Å². The number of para-hydroxylation sites is 5. The minimum absolute atomic E-state index is 0.833. The quantitative estimate of drug-likeness (QED) is 0.171. The van der Waals surface area contributed by atoms with Gasteiger partial charge in [0.05, 0.1) is 27.8 Å². The summed E-state index contributed by atoms with van der Waals surface area (Å²) in [6.45, 7) is 0. The van der Waals surface area contributed by atoms with Crippen molar-refractivity contribution in [2.45, 2.75) is 0 Å². The molecule has 0 N–H and O–H groups in total. The topological polar surface area (TPSA) is 23.0 Å². The molecular weight excluding hydrogens is 621 g/mol. The highest BCUT2D eigenvalue weighted by Gasteiger charge is 2.18. The van der Waals surface area contributed by atoms with Crippen LogP contribution in [-0.4, -0.2) is 9.13 Å². The Balaban J connectivity index is 1.43. The van der Waals surface area contributed by atoms with Gasteiger partial charge in [-0.3, -0.25) is 0 Å². The zero-order valence-corrected chi connectivity index (χ0v) is 27.6. The van der Waals surface area contributed by atoms with Crippen LogP contribution in [0.5, 0.6) is 0 Å². The molecule has 11 rings (SSSR count). The molecule has 2 heterocycles. The fraction of sp³-hybridized carbons (Fsp3) is 0. The largest absolute Gasteiger partial charge is 0.453 e. The molecule has 0 aliphatic rings. The lowest BCUT2D eigenvalue weighted by Gasteiger charge is -2.18. The molecule has 0 saturated carbocycles. The molecular formula is C48H30N2O. The van der Waals surface area contributed by atoms with E-state index in [2.05, 4.69) is 185 Å². The normalized spacial score (nSPS) is 11.9. The Morgan fingerprint density at radius 1 is 0.294 bits per heavy atom. The summed E-state index contributed by atoms with van der Waals surface area (Å²) >= 11 is 0. The summed E-state index contributed by atoms with van der Waals surface area (Å²) in [4.78, 5) is 0. The van der Waals surface area contributed by atoms with Crippen molar-refractivity contribution in [3.05, 3.63) is 182 Å². The van der Waals surface area contributed by atoms with Crippen molar-refractivity contribution >= 4 is 87.1 Å². The van der Waals surface area contributed by atoms with Gasteiger partial charge in [-0.1, -0.05) is 127 Å². The van der Waals surface area contributed by atoms with Crippen molar-refractivity contribution in [2.75, 3.05) is 0 Å². The summed E-state index contributed by atoms with van der Waals surface area (Å²) in [6, 6.07) is 65.6. The average molecular weight is 651 g/mol. The highest BCUT2D eigenvalue weighted by atomic mass is 16.3. The van der Waals surface area contributed by atoms with Crippen molar-refractivity contribution in [3.63, 3.8) is 0 Å². The van der Waals surface area contributed by atoms with Gasteiger partial charge in [0.2, 0.25) is 0 Å². The summed E-state index contributed by atoms with van der Waals surface area (Å²) in [5.74, 6) is 0. The molecule has 0 fully saturated rings. The van der Waals surface area contributed by atoms with Crippen molar-refractivity contribution in [2.24, 2.45) is 0 Å². The van der Waals surface area contributed by atoms with E-state index in [1.165, 1.54) is 54.1 Å². The van der Waals surface area contributed by atoms with Crippen LogP contribution in [0.1, 0.15) is 0 Å². The van der Waals surface area contributed by atoms with Crippen molar-refractivity contribution < 1.29 is 4.42 Å². The first-order valence-electron chi connectivity index (χ1n) is 17.4. The predicted octanol–water partition coefficient (Wildman–Crippen LogP) is 13.2. The van der Waals surface area contributed by atoms with Gasteiger partial charge in [0.1, 0.15) is 0 Å². The maximum atomic E-state index is 6.77. The van der Waals surface area contributed by atoms with Crippen LogP contribution in [0.4, 0.5) is 0 Å². The zero-order chi connectivity index (χ0) is 33.5. The Hall–Kier alpha value is -6.84. The average Bonchev–Trinajstić information content (AvgIpc) is 3.53. The van der Waals surface area contributed by atoms with E-state index in [-0.39, 0.29) is 0 Å². The Bertz CT molecular complexity index is 3200. The fourth-order valence-electron chi connectivity index (χ4n) is 8.41. The second kappa shape index (κ2) is 10.8. The lowest BCUT2D eigenvalue weighted by molar-refractivity contribution is 0.654. The van der Waals surface area contributed by atoms with Crippen molar-refractivity contribution in [1.82, 2.24) is 9.13 Å². The fourth-order valence-corrected chi connectivity index (χ4v) is 8.41. The molecule has 3 heteroatoms. The van der Waals surface area contributed by atoms with E-state index < -0.39 is 0 Å². The first kappa shape index (κ1) is 28.0. The lowest BCUT2D eigenvalue weighted by atomic mass is 9.93. The van der Waals surface area contributed by atoms with Crippen molar-refractivity contribution in [1.29, 1.82) is 0 Å². The predicted molar refractivity (Wildman–Crippen MR) is 215 cm³/mol. The number of fused-ring (bicyclic) bond motifs is 13. The van der Waals surface area contributed by atoms with Crippen LogP contribution >= 0.6 is 0 Å². The third-order valence-electron chi connectivity index (χ3n) is 10.5. The van der Waals surface area contributed by atoms with Crippen LogP contribution in [0, 0.1) is 0 Å². The summed E-state index contributed by atoms with van der Waals surface area (Å²) in [5, 5.41) is 12.0. The van der Waals surface area contributed by atoms with Gasteiger partial charge in [0.15, 0.2) is 11.2 Å². The molecule has 0 bridgehead atoms. The van der Waals surface area contributed by atoms with Crippen LogP contribution in [0.3, 0.4) is 0 Å². The van der Waals surface area contributed by atoms with E-state index in [1.807, 2.05) is 6.07 Å². The van der Waals surface area contributed by atoms with E-state index >= 15 is 0 Å². The lowest BCUT2D eigenvalue weighted by Crippen LogP contribution is -2.00. The maximum absolute atomic E-state index is 6.77. The van der Waals surface area contributed by atoms with Crippen LogP contribution in [-0.2, 0) is 0 Å². The first-order chi connectivity index (χ1) is 25.3. The number of rotatable bonds is 2. The third-order valence-corrected chi connectivity index (χ3v) is 10.5. The molecule has 238 valence electrons. The van der Waals surface area contributed by atoms with Gasteiger partial charge in [-0.25, -0.2) is 0 Å². The molecule has 0 aliphatic heterocycles. The summed E-state index contributed by atoms with van der Waals surface area (Å²) in [7, 11) is 0. The van der Waals surface area contributed by atoms with Crippen molar-refractivity contribution in [3.8, 4) is 11.4 Å². The van der Waals surface area contributed by atoms with Gasteiger partial charge in [0.25, 0.3) is 0 Å². The highest BCUT2D eigenvalue weighted by molar-refractivity contribution is 6.29. The summed E-state index contributed by atoms with van der Waals surface area (Å²) in [5.41, 5.74) is 8.33. The Labute approximate surface area is 293 Å². The van der Waals surface area contributed by atoms with Gasteiger partial charge in [-0.2, -0.15) is 0 Å². The van der Waals surface area contributed by atoms with Gasteiger partial charge < -0.3 is 13.6 Å². The van der Waals surface area contributed by atoms with Crippen LogP contribution in [0.25, 0.3) is 98.5 Å². The van der Waals surface area contributed by atoms with Gasteiger partial charge >= 0.3 is 0 Å². The maximum Gasteiger partial charge on any atom is 0.152 e. The van der Waals surface area contributed by atoms with Gasteiger partial charge in [-0.05, 0) is 92.3 Å². The number of benzene rings is 8. The number of hydrogen-bond donors (Lipinski definition) is 0. The van der Waals surface area contributed by atoms with Gasteiger partial charge in [0, 0.05) is 21.8 Å². The number of aromatic nitrogens is 2. The Kier molecular flexibility index (Phi) is 5.96. The number of nitrogens with zero attached hydrogens (tertiary/aromatic N) is 2. The molecule has 0 radical (unpaired) electrons. The van der Waals surface area contributed by atoms with Gasteiger partial charge in [-0.15, -0.1) is 0 Å². The molecule has 0 saturated heterocycles. The Morgan fingerprint density at radius 3 is 1.49 bits per heavy atom. The zero-order valence-electron chi connectivity index (χ0n) is 27.6. The molecule has 3 nitrogen and oxygen atoms in total. The van der Waals surface area contributed by atoms with E-state index in [1.54, 1.807) is 0 Å². The van der Waals surface area contributed by atoms with E-state index in [0.29, 0.717) is 0 Å². The smallest absolute Gasteiger partial charge is 0.152 e. The molecule has 0 amide bonds. The summed E-state index contributed by atoms with van der Waals surface area (Å²) < 4.78 is 11.6. The van der Waals surface area contributed by atoms with Crippen LogP contribution in [0.15, 0.2) is 186 Å². The molecule has 0 spiro atoms. The number of hydrogen-bond acceptors (Lipinski definition) is 1. The van der Waals surface area contributed by atoms with E-state index in [4.69, 9.17) is 4.42 Å². The standard InChI is InChI=1S/C48H30N2O/c1-2-15-31(16-3-1)49-43-26-12-13-28-46(43)51-47-30-40-34-19-5-4-17-32(34)33-18-6-7-22-37(33)48-38(39(40)29-45(47)49)23-14-27-44(48)50-41-24-10-8-20-35(41)36-21-9-11-25-42(36)50/h1-30H. The minimum atomic E-state index is 0.833. The molecule has 51 heavy (non-hydrogen) atoms. The summed E-state index contributed by atoms with van der Waals surface area (Å²) in [6.07, 6.45) is 0. The van der Waals surface area contributed by atoms with E-state index in [9.17, 15) is 0 Å². The molecule has 0 unspecified atom stereocenters. The Morgan fingerprint density at radius 2 is 0.784 bits per heavy atom. The molecule has 2 aromatic heterocycles. The second-order valence-corrected chi connectivity index (χ2v) is 13.3. The molecule has 0 aliphatic carbocycles. The van der Waals surface area contributed by atoms with Crippen LogP contribution in [0.2, 0.25) is 0 Å². The third kappa shape index (κ3) is 4.06. The van der Waals surface area contributed by atoms with E-state index in [0.717, 1.165) is 44.3 Å². The molecule has 9 aromatic carbocycles. The molecule has 11 aromatic rings. The monoisotopic (exact) mass is 650 g/mol. The molecule has 0 atom stereocenters. The first-order valence-corrected chi connectivity index (χ1v) is 17.4. The second-order valence-electron chi connectivity index (χ2n) is 13.3. The highest BCUT2D eigenvalue weighted by Crippen LogP contribution is 2.42. The minimum Gasteiger partial charge on any atom is -0.453 e. The SMILES string of the molecule is c1ccc(-n2c3ccccc3oc3cc4c5ccccc5c5ccccc5c5c(-n6c7ccccc7c7ccccc76)cccc5c4cc32)cc1.